The van der Waals surface area contributed by atoms with Gasteiger partial charge in [-0.2, -0.15) is 0 Å². The quantitative estimate of drug-likeness (QED) is 0.759. The van der Waals surface area contributed by atoms with E-state index in [1.165, 1.54) is 5.56 Å². The second-order valence-corrected chi connectivity index (χ2v) is 7.32. The number of benzene rings is 2. The topological polar surface area (TPSA) is 55.1 Å². The first kappa shape index (κ1) is 20.7. The third-order valence-electron chi connectivity index (χ3n) is 3.95. The van der Waals surface area contributed by atoms with Gasteiger partial charge in [0, 0.05) is 16.4 Å². The van der Waals surface area contributed by atoms with Gasteiger partial charge < -0.3 is 11.1 Å². The van der Waals surface area contributed by atoms with Crippen LogP contribution in [0.25, 0.3) is 0 Å². The van der Waals surface area contributed by atoms with Crippen LogP contribution in [0.1, 0.15) is 25.0 Å². The Labute approximate surface area is 158 Å². The van der Waals surface area contributed by atoms with E-state index < -0.39 is 6.04 Å². The lowest BCUT2D eigenvalue weighted by Crippen LogP contribution is -2.46. The minimum atomic E-state index is -0.532. The van der Waals surface area contributed by atoms with Gasteiger partial charge in [0.25, 0.3) is 0 Å². The number of halogens is 2. The van der Waals surface area contributed by atoms with E-state index in [2.05, 4.69) is 47.2 Å². The molecule has 0 aliphatic rings. The maximum Gasteiger partial charge on any atom is 0.237 e. The fraction of sp³-hybridized carbons (Fsp3) is 0.316. The zero-order chi connectivity index (χ0) is 16.9. The highest BCUT2D eigenvalue weighted by Gasteiger charge is 2.23. The summed E-state index contributed by atoms with van der Waals surface area (Å²) in [6, 6.07) is 17.4. The summed E-state index contributed by atoms with van der Waals surface area (Å²) in [7, 11) is 0. The van der Waals surface area contributed by atoms with E-state index in [1.54, 1.807) is 0 Å². The molecule has 0 unspecified atom stereocenters. The van der Waals surface area contributed by atoms with Crippen LogP contribution >= 0.6 is 28.3 Å². The van der Waals surface area contributed by atoms with Gasteiger partial charge >= 0.3 is 0 Å². The van der Waals surface area contributed by atoms with Crippen LogP contribution in [-0.4, -0.2) is 18.5 Å². The van der Waals surface area contributed by atoms with E-state index in [0.29, 0.717) is 13.0 Å². The maximum absolute atomic E-state index is 12.2. The summed E-state index contributed by atoms with van der Waals surface area (Å²) in [6.45, 7) is 4.76. The van der Waals surface area contributed by atoms with Gasteiger partial charge in [0.2, 0.25) is 5.91 Å². The van der Waals surface area contributed by atoms with Crippen molar-refractivity contribution in [2.45, 2.75) is 31.7 Å². The van der Waals surface area contributed by atoms with Crippen LogP contribution in [0, 0.1) is 0 Å². The van der Waals surface area contributed by atoms with Crippen LogP contribution in [0.4, 0.5) is 0 Å². The van der Waals surface area contributed by atoms with E-state index in [9.17, 15) is 4.79 Å². The smallest absolute Gasteiger partial charge is 0.237 e. The molecule has 0 fully saturated rings. The van der Waals surface area contributed by atoms with E-state index in [4.69, 9.17) is 5.73 Å². The number of hydrogen-bond donors (Lipinski definition) is 2. The molecule has 2 aromatic carbocycles. The van der Waals surface area contributed by atoms with Gasteiger partial charge in [0.05, 0.1) is 6.04 Å². The molecule has 1 amide bonds. The van der Waals surface area contributed by atoms with Crippen molar-refractivity contribution in [2.24, 2.45) is 5.73 Å². The number of amides is 1. The molecule has 0 spiro atoms. The monoisotopic (exact) mass is 410 g/mol. The van der Waals surface area contributed by atoms with Crippen molar-refractivity contribution in [3.63, 3.8) is 0 Å². The zero-order valence-electron chi connectivity index (χ0n) is 14.0. The highest BCUT2D eigenvalue weighted by atomic mass is 79.9. The van der Waals surface area contributed by atoms with E-state index in [-0.39, 0.29) is 23.7 Å². The standard InChI is InChI=1S/C19H23BrN2O.ClH/c1-19(2,15-9-6-10-16(20)12-15)13-22-18(23)17(21)11-14-7-4-3-5-8-14;/h3-10,12,17H,11,13,21H2,1-2H3,(H,22,23);1H/t17-;/m0./s1. The molecule has 3 N–H and O–H groups in total. The fourth-order valence-corrected chi connectivity index (χ4v) is 2.81. The number of carbonyl (C=O) groups excluding carboxylic acids is 1. The van der Waals surface area contributed by atoms with Crippen molar-refractivity contribution in [1.29, 1.82) is 0 Å². The number of nitrogens with one attached hydrogen (secondary N) is 1. The second-order valence-electron chi connectivity index (χ2n) is 6.41. The largest absolute Gasteiger partial charge is 0.354 e. The molecule has 24 heavy (non-hydrogen) atoms. The molecule has 3 nitrogen and oxygen atoms in total. The van der Waals surface area contributed by atoms with Crippen LogP contribution in [0.3, 0.4) is 0 Å². The van der Waals surface area contributed by atoms with Gasteiger partial charge in [-0.15, -0.1) is 12.4 Å². The van der Waals surface area contributed by atoms with Crippen LogP contribution in [0.15, 0.2) is 59.1 Å². The molecular formula is C19H24BrClN2O. The van der Waals surface area contributed by atoms with Crippen molar-refractivity contribution in [2.75, 3.05) is 6.54 Å². The lowest BCUT2D eigenvalue weighted by molar-refractivity contribution is -0.122. The molecule has 0 aromatic heterocycles. The summed E-state index contributed by atoms with van der Waals surface area (Å²) >= 11 is 3.49. The molecular weight excluding hydrogens is 388 g/mol. The van der Waals surface area contributed by atoms with E-state index in [0.717, 1.165) is 10.0 Å². The number of hydrogen-bond acceptors (Lipinski definition) is 2. The van der Waals surface area contributed by atoms with Crippen molar-refractivity contribution in [3.05, 3.63) is 70.2 Å². The highest BCUT2D eigenvalue weighted by Crippen LogP contribution is 2.25. The first-order valence-corrected chi connectivity index (χ1v) is 8.51. The van der Waals surface area contributed by atoms with Crippen LogP contribution in [0.5, 0.6) is 0 Å². The van der Waals surface area contributed by atoms with Gasteiger partial charge in [0.1, 0.15) is 0 Å². The van der Waals surface area contributed by atoms with Gasteiger partial charge in [-0.3, -0.25) is 4.79 Å². The summed E-state index contributed by atoms with van der Waals surface area (Å²) in [5, 5.41) is 2.98. The Balaban J connectivity index is 0.00000288. The lowest BCUT2D eigenvalue weighted by atomic mass is 9.84. The molecule has 0 aliphatic carbocycles. The predicted molar refractivity (Wildman–Crippen MR) is 106 cm³/mol. The average Bonchev–Trinajstić information content (AvgIpc) is 2.53. The minimum absolute atomic E-state index is 0. The first-order chi connectivity index (χ1) is 10.9. The Morgan fingerprint density at radius 3 is 2.46 bits per heavy atom. The Morgan fingerprint density at radius 2 is 1.83 bits per heavy atom. The van der Waals surface area contributed by atoms with E-state index >= 15 is 0 Å². The van der Waals surface area contributed by atoms with Crippen molar-refractivity contribution in [3.8, 4) is 0 Å². The minimum Gasteiger partial charge on any atom is -0.354 e. The summed E-state index contributed by atoms with van der Waals surface area (Å²) in [5.41, 5.74) is 8.10. The first-order valence-electron chi connectivity index (χ1n) is 7.72. The Kier molecular flexibility index (Phi) is 7.94. The average molecular weight is 412 g/mol. The van der Waals surface area contributed by atoms with Crippen LogP contribution in [-0.2, 0) is 16.6 Å². The molecule has 0 saturated carbocycles. The number of carbonyl (C=O) groups is 1. The lowest BCUT2D eigenvalue weighted by Gasteiger charge is -2.26. The normalized spacial score (nSPS) is 12.2. The Bertz CT molecular complexity index is 661. The fourth-order valence-electron chi connectivity index (χ4n) is 2.41. The van der Waals surface area contributed by atoms with Gasteiger partial charge in [-0.25, -0.2) is 0 Å². The Hall–Kier alpha value is -1.36. The Morgan fingerprint density at radius 1 is 1.17 bits per heavy atom. The SMILES string of the molecule is CC(C)(CNC(=O)[C@@H](N)Cc1ccccc1)c1cccc(Br)c1.Cl. The van der Waals surface area contributed by atoms with Crippen molar-refractivity contribution in [1.82, 2.24) is 5.32 Å². The molecule has 0 bridgehead atoms. The van der Waals surface area contributed by atoms with Crippen LogP contribution < -0.4 is 11.1 Å². The number of nitrogens with two attached hydrogens (primary N) is 1. The summed E-state index contributed by atoms with van der Waals surface area (Å²) < 4.78 is 1.04. The second kappa shape index (κ2) is 9.21. The van der Waals surface area contributed by atoms with Crippen LogP contribution in [0.2, 0.25) is 0 Å². The third-order valence-corrected chi connectivity index (χ3v) is 4.44. The third kappa shape index (κ3) is 5.93. The molecule has 0 aliphatic heterocycles. The van der Waals surface area contributed by atoms with Gasteiger partial charge in [-0.05, 0) is 29.7 Å². The molecule has 0 radical (unpaired) electrons. The van der Waals surface area contributed by atoms with Crippen molar-refractivity contribution < 1.29 is 4.79 Å². The van der Waals surface area contributed by atoms with E-state index in [1.807, 2.05) is 42.5 Å². The van der Waals surface area contributed by atoms with Crippen molar-refractivity contribution >= 4 is 34.2 Å². The molecule has 2 rings (SSSR count). The maximum atomic E-state index is 12.2. The number of rotatable bonds is 6. The molecule has 130 valence electrons. The molecule has 0 heterocycles. The zero-order valence-corrected chi connectivity index (χ0v) is 16.4. The molecule has 2 aromatic rings. The summed E-state index contributed by atoms with van der Waals surface area (Å²) in [4.78, 5) is 12.2. The molecule has 1 atom stereocenters. The summed E-state index contributed by atoms with van der Waals surface area (Å²) in [6.07, 6.45) is 0.546. The summed E-state index contributed by atoms with van der Waals surface area (Å²) in [5.74, 6) is -0.114. The highest BCUT2D eigenvalue weighted by molar-refractivity contribution is 9.10. The molecule has 5 heteroatoms. The van der Waals surface area contributed by atoms with Gasteiger partial charge in [0.15, 0.2) is 0 Å². The van der Waals surface area contributed by atoms with Gasteiger partial charge in [-0.1, -0.05) is 72.2 Å². The molecule has 0 saturated heterocycles. The predicted octanol–water partition coefficient (Wildman–Crippen LogP) is 3.83.